The van der Waals surface area contributed by atoms with E-state index >= 15 is 0 Å². The minimum Gasteiger partial charge on any atom is -0.464 e. The Balaban J connectivity index is 1.24. The number of carbonyl (C=O) groups is 4. The van der Waals surface area contributed by atoms with Crippen LogP contribution in [0.5, 0.6) is 0 Å². The van der Waals surface area contributed by atoms with Gasteiger partial charge in [-0.2, -0.15) is 0 Å². The summed E-state index contributed by atoms with van der Waals surface area (Å²) in [6.07, 6.45) is 0.736. The molecule has 180 valence electrons. The summed E-state index contributed by atoms with van der Waals surface area (Å²) >= 11 is 0. The normalized spacial score (nSPS) is 18.6. The average Bonchev–Trinajstić information content (AvgIpc) is 3.24. The molecule has 34 heavy (non-hydrogen) atoms. The second-order valence-corrected chi connectivity index (χ2v) is 8.50. The van der Waals surface area contributed by atoms with Gasteiger partial charge in [0.05, 0.1) is 19.6 Å². The van der Waals surface area contributed by atoms with Crippen LogP contribution in [0.1, 0.15) is 25.3 Å². The highest BCUT2D eigenvalue weighted by molar-refractivity contribution is 5.88. The number of amides is 3. The lowest BCUT2D eigenvalue weighted by Gasteiger charge is -2.37. The summed E-state index contributed by atoms with van der Waals surface area (Å²) in [7, 11) is 0. The van der Waals surface area contributed by atoms with Gasteiger partial charge in [0.15, 0.2) is 6.04 Å². The molecule has 1 N–H and O–H groups in total. The molecule has 2 heterocycles. The van der Waals surface area contributed by atoms with Crippen LogP contribution >= 0.6 is 0 Å². The first-order valence-electron chi connectivity index (χ1n) is 11.6. The Morgan fingerprint density at radius 1 is 1.09 bits per heavy atom. The van der Waals surface area contributed by atoms with Gasteiger partial charge in [-0.3, -0.25) is 14.5 Å². The maximum atomic E-state index is 12.6. The molecule has 2 aromatic rings. The summed E-state index contributed by atoms with van der Waals surface area (Å²) in [6.45, 7) is 2.72. The van der Waals surface area contributed by atoms with E-state index in [4.69, 9.17) is 9.47 Å². The lowest BCUT2D eigenvalue weighted by Crippen LogP contribution is -2.53. The van der Waals surface area contributed by atoms with Gasteiger partial charge in [-0.1, -0.05) is 42.5 Å². The number of nitrogens with one attached hydrogen (secondary N) is 1. The van der Waals surface area contributed by atoms with Crippen LogP contribution in [0.4, 0.5) is 4.79 Å². The van der Waals surface area contributed by atoms with E-state index in [0.29, 0.717) is 25.9 Å². The van der Waals surface area contributed by atoms with Gasteiger partial charge >= 0.3 is 12.1 Å². The third-order valence-corrected chi connectivity index (χ3v) is 6.30. The van der Waals surface area contributed by atoms with E-state index in [9.17, 15) is 19.2 Å². The first-order valence-corrected chi connectivity index (χ1v) is 11.6. The molecule has 0 saturated carbocycles. The van der Waals surface area contributed by atoms with E-state index in [1.807, 2.05) is 42.5 Å². The quantitative estimate of drug-likeness (QED) is 0.624. The summed E-state index contributed by atoms with van der Waals surface area (Å²) in [6, 6.07) is 12.9. The minimum absolute atomic E-state index is 0.0138. The van der Waals surface area contributed by atoms with Crippen LogP contribution in [-0.4, -0.2) is 78.6 Å². The lowest BCUT2D eigenvalue weighted by atomic mass is 10.0. The number of cyclic esters (lactones) is 1. The van der Waals surface area contributed by atoms with Crippen molar-refractivity contribution < 1.29 is 28.7 Å². The van der Waals surface area contributed by atoms with Crippen molar-refractivity contribution in [1.29, 1.82) is 0 Å². The third kappa shape index (κ3) is 5.30. The number of hydrogen-bond donors (Lipinski definition) is 1. The third-order valence-electron chi connectivity index (χ3n) is 6.30. The van der Waals surface area contributed by atoms with Crippen molar-refractivity contribution in [3.63, 3.8) is 0 Å². The van der Waals surface area contributed by atoms with Gasteiger partial charge in [-0.15, -0.1) is 0 Å². The Hall–Kier alpha value is -3.62. The number of benzene rings is 2. The van der Waals surface area contributed by atoms with Crippen LogP contribution in [0.25, 0.3) is 10.8 Å². The summed E-state index contributed by atoms with van der Waals surface area (Å²) in [5.74, 6) is -0.854. The first-order chi connectivity index (χ1) is 16.5. The van der Waals surface area contributed by atoms with E-state index in [-0.39, 0.29) is 44.0 Å². The van der Waals surface area contributed by atoms with Gasteiger partial charge < -0.3 is 19.7 Å². The molecule has 2 aliphatic heterocycles. The van der Waals surface area contributed by atoms with E-state index in [1.54, 1.807) is 11.8 Å². The van der Waals surface area contributed by atoms with Crippen molar-refractivity contribution >= 4 is 34.6 Å². The monoisotopic (exact) mass is 467 g/mol. The molecule has 2 saturated heterocycles. The number of hydrogen-bond acceptors (Lipinski definition) is 6. The zero-order valence-electron chi connectivity index (χ0n) is 19.2. The van der Waals surface area contributed by atoms with Crippen molar-refractivity contribution in [2.45, 2.75) is 38.3 Å². The van der Waals surface area contributed by atoms with Gasteiger partial charge in [0.25, 0.3) is 0 Å². The van der Waals surface area contributed by atoms with Gasteiger partial charge in [0.1, 0.15) is 6.61 Å². The molecule has 0 spiro atoms. The van der Waals surface area contributed by atoms with Crippen LogP contribution < -0.4 is 5.32 Å². The Bertz CT molecular complexity index is 1080. The predicted octanol–water partition coefficient (Wildman–Crippen LogP) is 1.87. The molecular weight excluding hydrogens is 438 g/mol. The number of rotatable bonds is 7. The number of esters is 1. The molecular formula is C25H29N3O6. The Labute approximate surface area is 198 Å². The zero-order chi connectivity index (χ0) is 24.1. The van der Waals surface area contributed by atoms with Crippen molar-refractivity contribution in [3.05, 3.63) is 48.0 Å². The molecule has 0 aliphatic carbocycles. The van der Waals surface area contributed by atoms with Crippen LogP contribution in [0.3, 0.4) is 0 Å². The standard InChI is InChI=1S/C25H29N3O6/c1-2-33-24(31)21-16-34-25(32)28(21)20-9-11-27(12-10-20)23(30)15-26-22(29)14-17-7-8-18-5-3-4-6-19(18)13-17/h3-8,13,20-21H,2,9-12,14-16H2,1H3,(H,26,29). The maximum absolute atomic E-state index is 12.6. The van der Waals surface area contributed by atoms with Crippen molar-refractivity contribution in [2.24, 2.45) is 0 Å². The number of piperidine rings is 1. The molecule has 9 nitrogen and oxygen atoms in total. The molecule has 2 fully saturated rings. The highest BCUT2D eigenvalue weighted by Crippen LogP contribution is 2.25. The maximum Gasteiger partial charge on any atom is 0.410 e. The number of fused-ring (bicyclic) bond motifs is 1. The second kappa shape index (κ2) is 10.5. The van der Waals surface area contributed by atoms with Crippen LogP contribution in [0.2, 0.25) is 0 Å². The average molecular weight is 468 g/mol. The van der Waals surface area contributed by atoms with E-state index in [1.165, 1.54) is 4.90 Å². The van der Waals surface area contributed by atoms with E-state index < -0.39 is 18.1 Å². The molecule has 2 aliphatic rings. The van der Waals surface area contributed by atoms with Crippen molar-refractivity contribution in [1.82, 2.24) is 15.1 Å². The number of carbonyl (C=O) groups excluding carboxylic acids is 4. The highest BCUT2D eigenvalue weighted by atomic mass is 16.6. The van der Waals surface area contributed by atoms with Crippen LogP contribution in [-0.2, 0) is 30.3 Å². The summed E-state index contributed by atoms with van der Waals surface area (Å²) in [4.78, 5) is 52.4. The lowest BCUT2D eigenvalue weighted by molar-refractivity contribution is -0.148. The summed E-state index contributed by atoms with van der Waals surface area (Å²) in [5.41, 5.74) is 0.887. The number of likely N-dealkylation sites (tertiary alicyclic amines) is 1. The molecule has 0 bridgehead atoms. The van der Waals surface area contributed by atoms with Crippen molar-refractivity contribution in [3.8, 4) is 0 Å². The van der Waals surface area contributed by atoms with Gasteiger partial charge in [0.2, 0.25) is 11.8 Å². The van der Waals surface area contributed by atoms with Crippen LogP contribution in [0, 0.1) is 0 Å². The number of ether oxygens (including phenoxy) is 2. The summed E-state index contributed by atoms with van der Waals surface area (Å²) < 4.78 is 10.1. The molecule has 1 atom stereocenters. The van der Waals surface area contributed by atoms with Gasteiger partial charge in [-0.05, 0) is 36.1 Å². The first kappa shape index (κ1) is 23.5. The smallest absolute Gasteiger partial charge is 0.410 e. The molecule has 0 aromatic heterocycles. The Morgan fingerprint density at radius 2 is 1.82 bits per heavy atom. The SMILES string of the molecule is CCOC(=O)C1COC(=O)N1C1CCN(C(=O)CNC(=O)Cc2ccc3ccccc3c2)CC1. The van der Waals surface area contributed by atoms with Gasteiger partial charge in [0, 0.05) is 19.1 Å². The topological polar surface area (TPSA) is 105 Å². The second-order valence-electron chi connectivity index (χ2n) is 8.50. The largest absolute Gasteiger partial charge is 0.464 e. The summed E-state index contributed by atoms with van der Waals surface area (Å²) in [5, 5.41) is 4.89. The zero-order valence-corrected chi connectivity index (χ0v) is 19.2. The minimum atomic E-state index is -0.742. The Kier molecular flexibility index (Phi) is 7.30. The molecule has 2 aromatic carbocycles. The fourth-order valence-corrected chi connectivity index (χ4v) is 4.53. The predicted molar refractivity (Wildman–Crippen MR) is 124 cm³/mol. The van der Waals surface area contributed by atoms with Crippen molar-refractivity contribution in [2.75, 3.05) is 32.8 Å². The number of nitrogens with zero attached hydrogens (tertiary/aromatic N) is 2. The van der Waals surface area contributed by atoms with Gasteiger partial charge in [-0.25, -0.2) is 9.59 Å². The fourth-order valence-electron chi connectivity index (χ4n) is 4.53. The van der Waals surface area contributed by atoms with E-state index in [2.05, 4.69) is 5.32 Å². The Morgan fingerprint density at radius 3 is 2.56 bits per heavy atom. The molecule has 9 heteroatoms. The molecule has 0 radical (unpaired) electrons. The molecule has 3 amide bonds. The van der Waals surface area contributed by atoms with Crippen LogP contribution in [0.15, 0.2) is 42.5 Å². The highest BCUT2D eigenvalue weighted by Gasteiger charge is 2.44. The fraction of sp³-hybridized carbons (Fsp3) is 0.440. The van der Waals surface area contributed by atoms with E-state index in [0.717, 1.165) is 16.3 Å². The molecule has 1 unspecified atom stereocenters. The molecule has 4 rings (SSSR count).